The number of carboxylic acids is 1. The van der Waals surface area contributed by atoms with E-state index in [1.807, 2.05) is 26.0 Å². The number of aryl methyl sites for hydroxylation is 2. The Morgan fingerprint density at radius 3 is 2.44 bits per heavy atom. The molecule has 0 aliphatic carbocycles. The molecular weight excluding hydrogens is 318 g/mol. The summed E-state index contributed by atoms with van der Waals surface area (Å²) in [5.74, 6) is 0.269. The molecule has 5 heteroatoms. The molecule has 1 aromatic heterocycles. The maximum atomic E-state index is 11.8. The summed E-state index contributed by atoms with van der Waals surface area (Å²) in [5.41, 5.74) is 4.02. The minimum Gasteiger partial charge on any atom is -0.497 e. The van der Waals surface area contributed by atoms with Crippen LogP contribution in [0.3, 0.4) is 0 Å². The summed E-state index contributed by atoms with van der Waals surface area (Å²) >= 11 is 0. The maximum Gasteiger partial charge on any atom is 0.336 e. The van der Waals surface area contributed by atoms with Gasteiger partial charge in [0.15, 0.2) is 0 Å². The molecule has 0 spiro atoms. The van der Waals surface area contributed by atoms with Crippen LogP contribution in [0.4, 0.5) is 0 Å². The van der Waals surface area contributed by atoms with Gasteiger partial charge in [0.25, 0.3) is 0 Å². The molecule has 0 saturated carbocycles. The summed E-state index contributed by atoms with van der Waals surface area (Å²) in [6.07, 6.45) is 0. The van der Waals surface area contributed by atoms with Gasteiger partial charge in [0.05, 0.1) is 31.0 Å². The molecule has 3 rings (SSSR count). The summed E-state index contributed by atoms with van der Waals surface area (Å²) in [7, 11) is 3.15. The summed E-state index contributed by atoms with van der Waals surface area (Å²) in [5, 5.41) is 10.3. The molecule has 0 saturated heterocycles. The SMILES string of the molecule is COc1ccc(OC)c(-c2cc(C(=O)O)c3c(C)cc(C)cc3n2)c1. The van der Waals surface area contributed by atoms with Gasteiger partial charge in [-0.1, -0.05) is 6.07 Å². The minimum atomic E-state index is -0.984. The van der Waals surface area contributed by atoms with Crippen LogP contribution in [0.25, 0.3) is 22.2 Å². The quantitative estimate of drug-likeness (QED) is 0.771. The van der Waals surface area contributed by atoms with Crippen LogP contribution < -0.4 is 9.47 Å². The number of carbonyl (C=O) groups is 1. The molecule has 1 heterocycles. The van der Waals surface area contributed by atoms with Crippen LogP contribution in [0.2, 0.25) is 0 Å². The predicted octanol–water partition coefficient (Wildman–Crippen LogP) is 4.23. The first-order chi connectivity index (χ1) is 11.9. The van der Waals surface area contributed by atoms with Crippen molar-refractivity contribution in [1.82, 2.24) is 4.98 Å². The Balaban J connectivity index is 2.37. The summed E-state index contributed by atoms with van der Waals surface area (Å²) in [4.78, 5) is 16.5. The van der Waals surface area contributed by atoms with E-state index in [0.717, 1.165) is 11.1 Å². The molecular formula is C20H19NO4. The second-order valence-corrected chi connectivity index (χ2v) is 5.90. The van der Waals surface area contributed by atoms with Crippen LogP contribution in [0.5, 0.6) is 11.5 Å². The topological polar surface area (TPSA) is 68.7 Å². The summed E-state index contributed by atoms with van der Waals surface area (Å²) < 4.78 is 10.7. The fraction of sp³-hybridized carbons (Fsp3) is 0.200. The lowest BCUT2D eigenvalue weighted by molar-refractivity contribution is 0.0699. The van der Waals surface area contributed by atoms with Crippen molar-refractivity contribution in [3.63, 3.8) is 0 Å². The summed E-state index contributed by atoms with van der Waals surface area (Å²) in [6.45, 7) is 3.86. The van der Waals surface area contributed by atoms with Crippen LogP contribution in [0, 0.1) is 13.8 Å². The van der Waals surface area contributed by atoms with Gasteiger partial charge in [0, 0.05) is 10.9 Å². The average Bonchev–Trinajstić information content (AvgIpc) is 2.59. The third kappa shape index (κ3) is 3.01. The number of rotatable bonds is 4. The lowest BCUT2D eigenvalue weighted by Crippen LogP contribution is -2.02. The molecule has 1 N–H and O–H groups in total. The monoisotopic (exact) mass is 337 g/mol. The van der Waals surface area contributed by atoms with Crippen LogP contribution in [-0.4, -0.2) is 30.3 Å². The highest BCUT2D eigenvalue weighted by Gasteiger charge is 2.17. The first kappa shape index (κ1) is 16.8. The molecule has 0 unspecified atom stereocenters. The third-order valence-corrected chi connectivity index (χ3v) is 4.16. The number of benzene rings is 2. The van der Waals surface area contributed by atoms with Gasteiger partial charge in [-0.3, -0.25) is 0 Å². The van der Waals surface area contributed by atoms with E-state index in [2.05, 4.69) is 0 Å². The highest BCUT2D eigenvalue weighted by Crippen LogP contribution is 2.35. The van der Waals surface area contributed by atoms with Crippen molar-refractivity contribution in [2.45, 2.75) is 13.8 Å². The lowest BCUT2D eigenvalue weighted by atomic mass is 9.98. The van der Waals surface area contributed by atoms with Crippen molar-refractivity contribution >= 4 is 16.9 Å². The molecule has 3 aromatic rings. The highest BCUT2D eigenvalue weighted by molar-refractivity contribution is 6.05. The molecule has 128 valence electrons. The van der Waals surface area contributed by atoms with Gasteiger partial charge < -0.3 is 14.6 Å². The zero-order valence-electron chi connectivity index (χ0n) is 14.6. The number of pyridine rings is 1. The number of aromatic carboxylic acids is 1. The van der Waals surface area contributed by atoms with Gasteiger partial charge in [0.1, 0.15) is 11.5 Å². The van der Waals surface area contributed by atoms with E-state index in [4.69, 9.17) is 14.5 Å². The van der Waals surface area contributed by atoms with E-state index >= 15 is 0 Å². The minimum absolute atomic E-state index is 0.224. The normalized spacial score (nSPS) is 10.7. The fourth-order valence-corrected chi connectivity index (χ4v) is 3.08. The molecule has 0 atom stereocenters. The Kier molecular flexibility index (Phi) is 4.31. The van der Waals surface area contributed by atoms with Gasteiger partial charge in [0.2, 0.25) is 0 Å². The maximum absolute atomic E-state index is 11.8. The lowest BCUT2D eigenvalue weighted by Gasteiger charge is -2.13. The molecule has 0 fully saturated rings. The van der Waals surface area contributed by atoms with Crippen molar-refractivity contribution in [2.24, 2.45) is 0 Å². The molecule has 0 radical (unpaired) electrons. The largest absolute Gasteiger partial charge is 0.497 e. The Labute approximate surface area is 145 Å². The van der Waals surface area contributed by atoms with E-state index in [1.165, 1.54) is 0 Å². The average molecular weight is 337 g/mol. The van der Waals surface area contributed by atoms with E-state index in [-0.39, 0.29) is 5.56 Å². The molecule has 25 heavy (non-hydrogen) atoms. The summed E-state index contributed by atoms with van der Waals surface area (Å²) in [6, 6.07) is 10.8. The van der Waals surface area contributed by atoms with Gasteiger partial charge in [-0.2, -0.15) is 0 Å². The molecule has 0 amide bonds. The van der Waals surface area contributed by atoms with E-state index in [1.54, 1.807) is 38.5 Å². The number of fused-ring (bicyclic) bond motifs is 1. The number of methoxy groups -OCH3 is 2. The van der Waals surface area contributed by atoms with Crippen molar-refractivity contribution in [1.29, 1.82) is 0 Å². The first-order valence-corrected chi connectivity index (χ1v) is 7.82. The van der Waals surface area contributed by atoms with Crippen molar-refractivity contribution in [3.05, 3.63) is 53.1 Å². The molecule has 0 aliphatic heterocycles. The number of carboxylic acid groups (broad SMARTS) is 1. The zero-order valence-corrected chi connectivity index (χ0v) is 14.6. The first-order valence-electron chi connectivity index (χ1n) is 7.82. The zero-order chi connectivity index (χ0) is 18.1. The van der Waals surface area contributed by atoms with E-state index < -0.39 is 5.97 Å². The number of aromatic nitrogens is 1. The Bertz CT molecular complexity index is 979. The Morgan fingerprint density at radius 1 is 1.04 bits per heavy atom. The van der Waals surface area contributed by atoms with Crippen LogP contribution in [0.15, 0.2) is 36.4 Å². The van der Waals surface area contributed by atoms with Crippen molar-refractivity contribution in [2.75, 3.05) is 14.2 Å². The smallest absolute Gasteiger partial charge is 0.336 e. The number of ether oxygens (including phenoxy) is 2. The van der Waals surface area contributed by atoms with E-state index in [9.17, 15) is 9.90 Å². The van der Waals surface area contributed by atoms with Gasteiger partial charge >= 0.3 is 5.97 Å². The predicted molar refractivity (Wildman–Crippen MR) is 96.7 cm³/mol. The standard InChI is InChI=1S/C20H19NO4/c1-11-7-12(2)19-15(20(22)23)10-16(21-17(19)8-11)14-9-13(24-3)5-6-18(14)25-4/h5-10H,1-4H3,(H,22,23). The van der Waals surface area contributed by atoms with Crippen LogP contribution >= 0.6 is 0 Å². The third-order valence-electron chi connectivity index (χ3n) is 4.16. The molecule has 0 bridgehead atoms. The second-order valence-electron chi connectivity index (χ2n) is 5.90. The Hall–Kier alpha value is -3.08. The van der Waals surface area contributed by atoms with Crippen LogP contribution in [0.1, 0.15) is 21.5 Å². The second kappa shape index (κ2) is 6.43. The number of nitrogens with zero attached hydrogens (tertiary/aromatic N) is 1. The van der Waals surface area contributed by atoms with Crippen molar-refractivity contribution < 1.29 is 19.4 Å². The molecule has 5 nitrogen and oxygen atoms in total. The molecule has 2 aromatic carbocycles. The fourth-order valence-electron chi connectivity index (χ4n) is 3.08. The van der Waals surface area contributed by atoms with Crippen molar-refractivity contribution in [3.8, 4) is 22.8 Å². The van der Waals surface area contributed by atoms with E-state index in [0.29, 0.717) is 33.7 Å². The number of hydrogen-bond acceptors (Lipinski definition) is 4. The Morgan fingerprint density at radius 2 is 1.80 bits per heavy atom. The van der Waals surface area contributed by atoms with Gasteiger partial charge in [-0.25, -0.2) is 9.78 Å². The number of hydrogen-bond donors (Lipinski definition) is 1. The molecule has 0 aliphatic rings. The van der Waals surface area contributed by atoms with Crippen LogP contribution in [-0.2, 0) is 0 Å². The van der Waals surface area contributed by atoms with Gasteiger partial charge in [-0.15, -0.1) is 0 Å². The van der Waals surface area contributed by atoms with Gasteiger partial charge in [-0.05, 0) is 55.3 Å². The highest BCUT2D eigenvalue weighted by atomic mass is 16.5.